The molecule has 3 fully saturated rings. The molecular weight excluding hydrogens is 435 g/mol. The largest absolute Gasteiger partial charge is 0.369 e. The van der Waals surface area contributed by atoms with Gasteiger partial charge >= 0.3 is 0 Å². The van der Waals surface area contributed by atoms with E-state index in [-0.39, 0.29) is 30.7 Å². The van der Waals surface area contributed by atoms with Gasteiger partial charge in [0, 0.05) is 58.0 Å². The number of sulfonamides is 1. The molecular formula is C19H30Cl2N4O3S. The Bertz CT molecular complexity index is 803. The molecule has 1 aromatic rings. The number of benzene rings is 1. The molecule has 1 amide bonds. The SMILES string of the molecule is Cc1cccc(N2CCN(S(=O)(=O)CC(=O)N3C[C@H]4CNC[C@H]4C3)CC2)c1.Cl.Cl. The summed E-state index contributed by atoms with van der Waals surface area (Å²) in [6.07, 6.45) is 0. The third kappa shape index (κ3) is 5.35. The number of anilines is 1. The van der Waals surface area contributed by atoms with Crippen LogP contribution in [0.1, 0.15) is 5.56 Å². The van der Waals surface area contributed by atoms with Gasteiger partial charge in [0.25, 0.3) is 0 Å². The van der Waals surface area contributed by atoms with Crippen molar-refractivity contribution in [3.8, 4) is 0 Å². The van der Waals surface area contributed by atoms with Crippen LogP contribution in [0.4, 0.5) is 5.69 Å². The highest BCUT2D eigenvalue weighted by Crippen LogP contribution is 2.26. The number of carbonyl (C=O) groups excluding carboxylic acids is 1. The number of carbonyl (C=O) groups is 1. The molecule has 0 spiro atoms. The van der Waals surface area contributed by atoms with Crippen LogP contribution in [0.15, 0.2) is 24.3 Å². The molecule has 29 heavy (non-hydrogen) atoms. The van der Waals surface area contributed by atoms with Crippen LogP contribution < -0.4 is 10.2 Å². The van der Waals surface area contributed by atoms with Crippen molar-refractivity contribution in [2.75, 3.05) is 63.0 Å². The first kappa shape index (κ1) is 24.2. The summed E-state index contributed by atoms with van der Waals surface area (Å²) in [7, 11) is -3.56. The van der Waals surface area contributed by atoms with Crippen LogP contribution in [-0.2, 0) is 14.8 Å². The van der Waals surface area contributed by atoms with E-state index in [2.05, 4.69) is 35.3 Å². The van der Waals surface area contributed by atoms with Gasteiger partial charge in [0.2, 0.25) is 15.9 Å². The van der Waals surface area contributed by atoms with Gasteiger partial charge in [-0.1, -0.05) is 12.1 Å². The minimum absolute atomic E-state index is 0. The summed E-state index contributed by atoms with van der Waals surface area (Å²) in [6.45, 7) is 7.45. The first-order valence-electron chi connectivity index (χ1n) is 9.70. The number of aryl methyl sites for hydroxylation is 1. The number of piperazine rings is 1. The number of nitrogens with one attached hydrogen (secondary N) is 1. The Kier molecular flexibility index (Phi) is 8.21. The van der Waals surface area contributed by atoms with Crippen LogP contribution in [0.5, 0.6) is 0 Å². The van der Waals surface area contributed by atoms with E-state index in [1.165, 1.54) is 9.87 Å². The van der Waals surface area contributed by atoms with Crippen molar-refractivity contribution >= 4 is 46.4 Å². The van der Waals surface area contributed by atoms with E-state index in [0.717, 1.165) is 18.8 Å². The summed E-state index contributed by atoms with van der Waals surface area (Å²) in [6, 6.07) is 8.25. The summed E-state index contributed by atoms with van der Waals surface area (Å²) < 4.78 is 27.0. The summed E-state index contributed by atoms with van der Waals surface area (Å²) in [5, 5.41) is 3.34. The van der Waals surface area contributed by atoms with Gasteiger partial charge in [-0.2, -0.15) is 4.31 Å². The molecule has 0 radical (unpaired) electrons. The Hall–Kier alpha value is -1.06. The third-order valence-corrected chi connectivity index (χ3v) is 7.81. The van der Waals surface area contributed by atoms with Crippen molar-refractivity contribution < 1.29 is 13.2 Å². The lowest BCUT2D eigenvalue weighted by molar-refractivity contribution is -0.127. The number of rotatable bonds is 4. The first-order chi connectivity index (χ1) is 12.9. The molecule has 0 aromatic heterocycles. The monoisotopic (exact) mass is 464 g/mol. The van der Waals surface area contributed by atoms with Crippen molar-refractivity contribution in [1.29, 1.82) is 0 Å². The Morgan fingerprint density at radius 1 is 1.07 bits per heavy atom. The number of likely N-dealkylation sites (tertiary alicyclic amines) is 1. The molecule has 2 atom stereocenters. The lowest BCUT2D eigenvalue weighted by Crippen LogP contribution is -2.51. The van der Waals surface area contributed by atoms with Gasteiger partial charge in [-0.25, -0.2) is 8.42 Å². The Labute approximate surface area is 185 Å². The highest BCUT2D eigenvalue weighted by Gasteiger charge is 2.39. The zero-order valence-corrected chi connectivity index (χ0v) is 19.1. The summed E-state index contributed by atoms with van der Waals surface area (Å²) in [4.78, 5) is 16.5. The van der Waals surface area contributed by atoms with Crippen molar-refractivity contribution in [3.05, 3.63) is 29.8 Å². The fourth-order valence-corrected chi connectivity index (χ4v) is 5.84. The van der Waals surface area contributed by atoms with Gasteiger partial charge in [-0.15, -0.1) is 24.8 Å². The number of fused-ring (bicyclic) bond motifs is 1. The van der Waals surface area contributed by atoms with Crippen LogP contribution in [0.3, 0.4) is 0 Å². The molecule has 3 saturated heterocycles. The molecule has 164 valence electrons. The fraction of sp³-hybridized carbons (Fsp3) is 0.632. The molecule has 1 N–H and O–H groups in total. The maximum absolute atomic E-state index is 12.7. The van der Waals surface area contributed by atoms with E-state index in [1.54, 1.807) is 4.90 Å². The van der Waals surface area contributed by atoms with E-state index >= 15 is 0 Å². The van der Waals surface area contributed by atoms with E-state index in [9.17, 15) is 13.2 Å². The molecule has 3 aliphatic rings. The molecule has 1 aromatic carbocycles. The number of halogens is 2. The van der Waals surface area contributed by atoms with E-state index in [1.807, 2.05) is 6.07 Å². The highest BCUT2D eigenvalue weighted by atomic mass is 35.5. The summed E-state index contributed by atoms with van der Waals surface area (Å²) in [5.41, 5.74) is 2.32. The van der Waals surface area contributed by atoms with E-state index in [4.69, 9.17) is 0 Å². The summed E-state index contributed by atoms with van der Waals surface area (Å²) in [5.74, 6) is 0.319. The Balaban J connectivity index is 0.00000150. The number of amides is 1. The summed E-state index contributed by atoms with van der Waals surface area (Å²) >= 11 is 0. The van der Waals surface area contributed by atoms with Gasteiger partial charge in [0.05, 0.1) is 0 Å². The van der Waals surface area contributed by atoms with Gasteiger partial charge in [0.1, 0.15) is 5.75 Å². The maximum Gasteiger partial charge on any atom is 0.239 e. The minimum Gasteiger partial charge on any atom is -0.369 e. The lowest BCUT2D eigenvalue weighted by atomic mass is 10.0. The molecule has 0 saturated carbocycles. The molecule has 7 nitrogen and oxygen atoms in total. The predicted octanol–water partition coefficient (Wildman–Crippen LogP) is 0.968. The molecule has 0 bridgehead atoms. The zero-order chi connectivity index (χ0) is 19.0. The van der Waals surface area contributed by atoms with Crippen LogP contribution in [-0.4, -0.2) is 81.6 Å². The lowest BCUT2D eigenvalue weighted by Gasteiger charge is -2.35. The van der Waals surface area contributed by atoms with Crippen LogP contribution >= 0.6 is 24.8 Å². The third-order valence-electron chi connectivity index (χ3n) is 6.05. The number of hydrogen-bond acceptors (Lipinski definition) is 5. The van der Waals surface area contributed by atoms with E-state index in [0.29, 0.717) is 51.1 Å². The molecule has 4 rings (SSSR count). The molecule has 0 aliphatic carbocycles. The number of nitrogens with zero attached hydrogens (tertiary/aromatic N) is 3. The maximum atomic E-state index is 12.7. The first-order valence-corrected chi connectivity index (χ1v) is 11.3. The van der Waals surface area contributed by atoms with Crippen LogP contribution in [0.2, 0.25) is 0 Å². The fourth-order valence-electron chi connectivity index (χ4n) is 4.45. The van der Waals surface area contributed by atoms with Gasteiger partial charge in [0.15, 0.2) is 0 Å². The molecule has 3 aliphatic heterocycles. The normalized spacial score (nSPS) is 24.6. The molecule has 10 heteroatoms. The van der Waals surface area contributed by atoms with Crippen LogP contribution in [0, 0.1) is 18.8 Å². The Morgan fingerprint density at radius 2 is 1.69 bits per heavy atom. The van der Waals surface area contributed by atoms with Crippen molar-refractivity contribution in [3.63, 3.8) is 0 Å². The second-order valence-electron chi connectivity index (χ2n) is 7.96. The second kappa shape index (κ2) is 9.83. The quantitative estimate of drug-likeness (QED) is 0.718. The van der Waals surface area contributed by atoms with Crippen molar-refractivity contribution in [2.24, 2.45) is 11.8 Å². The predicted molar refractivity (Wildman–Crippen MR) is 120 cm³/mol. The molecule has 3 heterocycles. The zero-order valence-electron chi connectivity index (χ0n) is 16.6. The average molecular weight is 465 g/mol. The topological polar surface area (TPSA) is 73.0 Å². The molecule has 0 unspecified atom stereocenters. The average Bonchev–Trinajstić information content (AvgIpc) is 3.23. The smallest absolute Gasteiger partial charge is 0.239 e. The standard InChI is InChI=1S/C19H28N4O3S.2ClH/c1-15-3-2-4-18(9-15)21-5-7-23(8-6-21)27(25,26)14-19(24)22-12-16-10-20-11-17(16)13-22;;/h2-4,9,16-17,20H,5-8,10-14H2,1H3;2*1H/t16-,17+;;. The highest BCUT2D eigenvalue weighted by molar-refractivity contribution is 7.89. The van der Waals surface area contributed by atoms with Crippen molar-refractivity contribution in [1.82, 2.24) is 14.5 Å². The van der Waals surface area contributed by atoms with Gasteiger partial charge in [-0.05, 0) is 36.5 Å². The Morgan fingerprint density at radius 3 is 2.28 bits per heavy atom. The minimum atomic E-state index is -3.56. The van der Waals surface area contributed by atoms with Crippen LogP contribution in [0.25, 0.3) is 0 Å². The van der Waals surface area contributed by atoms with Crippen molar-refractivity contribution in [2.45, 2.75) is 6.92 Å². The van der Waals surface area contributed by atoms with Gasteiger partial charge in [-0.3, -0.25) is 4.79 Å². The second-order valence-corrected chi connectivity index (χ2v) is 9.93. The van der Waals surface area contributed by atoms with E-state index < -0.39 is 15.8 Å². The van der Waals surface area contributed by atoms with Gasteiger partial charge < -0.3 is 15.1 Å². The number of hydrogen-bond donors (Lipinski definition) is 1.